The van der Waals surface area contributed by atoms with Gasteiger partial charge in [0.2, 0.25) is 0 Å². The van der Waals surface area contributed by atoms with Gasteiger partial charge in [0.05, 0.1) is 5.76 Å². The number of aliphatic hydroxyl groups is 1. The molecule has 2 aromatic heterocycles. The zero-order chi connectivity index (χ0) is 34.5. The van der Waals surface area contributed by atoms with Gasteiger partial charge in [-0.2, -0.15) is 11.3 Å². The maximum Gasteiger partial charge on any atom is 0.162 e. The van der Waals surface area contributed by atoms with Gasteiger partial charge in [0.15, 0.2) is 5.78 Å². The minimum atomic E-state index is 0. The van der Waals surface area contributed by atoms with Crippen LogP contribution in [-0.4, -0.2) is 10.9 Å². The van der Waals surface area contributed by atoms with E-state index in [9.17, 15) is 9.90 Å². The van der Waals surface area contributed by atoms with Gasteiger partial charge in [0.25, 0.3) is 0 Å². The summed E-state index contributed by atoms with van der Waals surface area (Å²) >= 11 is 1.86. The molecule has 49 heavy (non-hydrogen) atoms. The molecular formula is C44H50IrNO2S-. The van der Waals surface area contributed by atoms with Gasteiger partial charge in [-0.3, -0.25) is 4.79 Å². The summed E-state index contributed by atoms with van der Waals surface area (Å²) in [5, 5.41) is 16.3. The molecule has 0 atom stereocenters. The van der Waals surface area contributed by atoms with E-state index in [0.717, 1.165) is 48.9 Å². The first kappa shape index (κ1) is 38.3. The smallest absolute Gasteiger partial charge is 0.162 e. The number of fused-ring (bicyclic) bond motifs is 6. The minimum absolute atomic E-state index is 0. The topological polar surface area (TPSA) is 41.2 Å². The number of allylic oxidation sites excluding steroid dienone is 2. The van der Waals surface area contributed by atoms with E-state index in [1.165, 1.54) is 53.5 Å². The van der Waals surface area contributed by atoms with E-state index in [-0.39, 0.29) is 43.5 Å². The maximum atomic E-state index is 11.7. The normalized spacial score (nSPS) is 11.9. The van der Waals surface area contributed by atoms with Crippen molar-refractivity contribution in [3.63, 3.8) is 0 Å². The van der Waals surface area contributed by atoms with Crippen molar-refractivity contribution < 1.29 is 34.6 Å². The van der Waals surface area contributed by atoms with Crippen molar-refractivity contribution >= 4 is 59.0 Å². The molecule has 0 unspecified atom stereocenters. The van der Waals surface area contributed by atoms with Crippen molar-refractivity contribution in [2.45, 2.75) is 80.6 Å². The van der Waals surface area contributed by atoms with Crippen molar-refractivity contribution in [2.24, 2.45) is 17.8 Å². The summed E-state index contributed by atoms with van der Waals surface area (Å²) in [6.45, 7) is 14.8. The van der Waals surface area contributed by atoms with E-state index in [1.807, 2.05) is 39.0 Å². The summed E-state index contributed by atoms with van der Waals surface area (Å²) < 4.78 is 4.73. The van der Waals surface area contributed by atoms with E-state index < -0.39 is 0 Å². The zero-order valence-electron chi connectivity index (χ0n) is 30.0. The molecule has 0 aliphatic heterocycles. The van der Waals surface area contributed by atoms with Crippen LogP contribution in [0.2, 0.25) is 0 Å². The van der Waals surface area contributed by atoms with Crippen LogP contribution in [0, 0.1) is 37.8 Å². The largest absolute Gasteiger partial charge is 0.512 e. The molecule has 3 nitrogen and oxygen atoms in total. The number of nitrogens with zero attached hydrogens (tertiary/aromatic N) is 1. The Bertz CT molecular complexity index is 2100. The predicted octanol–water partition coefficient (Wildman–Crippen LogP) is 12.1. The molecule has 259 valence electrons. The number of benzene rings is 4. The van der Waals surface area contributed by atoms with Gasteiger partial charge >= 0.3 is 0 Å². The van der Waals surface area contributed by atoms with Crippen molar-refractivity contribution in [2.75, 3.05) is 0 Å². The van der Waals surface area contributed by atoms with Gasteiger partial charge in [-0.15, -0.1) is 17.7 Å². The second-order valence-corrected chi connectivity index (χ2v) is 14.5. The van der Waals surface area contributed by atoms with Gasteiger partial charge < -0.3 is 9.67 Å². The molecule has 0 fully saturated rings. The summed E-state index contributed by atoms with van der Waals surface area (Å²) in [5.74, 6) is 1.11. The van der Waals surface area contributed by atoms with E-state index in [4.69, 9.17) is 0 Å². The molecular weight excluding hydrogens is 799 g/mol. The maximum absolute atomic E-state index is 11.7. The molecule has 6 rings (SSSR count). The third kappa shape index (κ3) is 8.12. The van der Waals surface area contributed by atoms with Crippen molar-refractivity contribution in [3.8, 4) is 11.3 Å². The van der Waals surface area contributed by atoms with Gasteiger partial charge in [-0.1, -0.05) is 108 Å². The van der Waals surface area contributed by atoms with E-state index >= 15 is 0 Å². The van der Waals surface area contributed by atoms with Gasteiger partial charge in [0, 0.05) is 55.2 Å². The molecule has 5 heteroatoms. The van der Waals surface area contributed by atoms with Crippen LogP contribution in [0.1, 0.15) is 78.4 Å². The molecule has 0 aliphatic rings. The standard InChI is InChI=1S/C31H26NS.C13H24O2.Ir/c1-19(2)15-22-18-28(32(4)27-14-13-21-9-5-6-10-23(21)30(22)27)26-17-20(3)16-25-24-11-7-8-12-29(24)33-31(25)26;1-5-10(6-2)12(14)9-13(15)11(7-3)8-4;/h5-14,16,18-19H,4,15H2,1-3H3;9-11,14H,5-8H2,1-4H3;/q-1;;/b;12-9-;. The van der Waals surface area contributed by atoms with E-state index in [0.29, 0.717) is 5.92 Å². The average molecular weight is 849 g/mol. The number of pyridine rings is 1. The van der Waals surface area contributed by atoms with Crippen molar-refractivity contribution in [1.29, 1.82) is 0 Å². The average Bonchev–Trinajstić information content (AvgIpc) is 3.45. The molecule has 2 heterocycles. The number of carbonyl (C=O) groups excluding carboxylic acids is 1. The Balaban J connectivity index is 0.000000290. The Kier molecular flexibility index (Phi) is 13.2. The number of carbonyl (C=O) groups is 1. The number of hydrogen-bond donors (Lipinski definition) is 1. The van der Waals surface area contributed by atoms with Crippen LogP contribution in [0.15, 0.2) is 84.6 Å². The van der Waals surface area contributed by atoms with Crippen LogP contribution in [0.4, 0.5) is 0 Å². The molecule has 1 radical (unpaired) electrons. The summed E-state index contributed by atoms with van der Waals surface area (Å²) in [6, 6.07) is 30.2. The van der Waals surface area contributed by atoms with Crippen LogP contribution in [0.25, 0.3) is 53.1 Å². The van der Waals surface area contributed by atoms with Crippen LogP contribution in [0.3, 0.4) is 0 Å². The third-order valence-corrected chi connectivity index (χ3v) is 10.8. The molecule has 4 aromatic carbocycles. The first-order valence-corrected chi connectivity index (χ1v) is 18.4. The monoisotopic (exact) mass is 849 g/mol. The number of rotatable bonds is 10. The molecule has 1 N–H and O–H groups in total. The molecule has 0 bridgehead atoms. The van der Waals surface area contributed by atoms with Gasteiger partial charge in [0.1, 0.15) is 11.2 Å². The summed E-state index contributed by atoms with van der Waals surface area (Å²) in [7, 11) is 4.54. The number of thiophene rings is 1. The molecule has 0 aliphatic carbocycles. The fraction of sp³-hybridized carbons (Fsp3) is 0.341. The minimum Gasteiger partial charge on any atom is -0.512 e. The molecule has 6 aromatic rings. The summed E-state index contributed by atoms with van der Waals surface area (Å²) in [5.41, 5.74) is 6.00. The first-order valence-electron chi connectivity index (χ1n) is 17.6. The number of ketones is 1. The van der Waals surface area contributed by atoms with Crippen LogP contribution >= 0.6 is 11.3 Å². The number of aliphatic hydroxyl groups excluding tert-OH is 1. The SMILES string of the molecule is CCC(CC)C(=O)/C=C(\O)C(CC)CC.[CH2-][n+]1c(-c2[c-]c(C)cc3c2sc2ccccc23)cc(CC(C)C)c2c3ccccc3ccc21.[Ir]. The number of hydrogen-bond acceptors (Lipinski definition) is 3. The van der Waals surface area contributed by atoms with Crippen LogP contribution < -0.4 is 4.57 Å². The fourth-order valence-electron chi connectivity index (χ4n) is 6.94. The number of aromatic nitrogens is 1. The van der Waals surface area contributed by atoms with Gasteiger partial charge in [-0.25, -0.2) is 0 Å². The quantitative estimate of drug-likeness (QED) is 0.0490. The summed E-state index contributed by atoms with van der Waals surface area (Å²) in [6.07, 6.45) is 5.93. The second-order valence-electron chi connectivity index (χ2n) is 13.4. The Labute approximate surface area is 310 Å². The fourth-order valence-corrected chi connectivity index (χ4v) is 8.13. The first-order chi connectivity index (χ1) is 23.1. The Morgan fingerprint density at radius 2 is 1.51 bits per heavy atom. The van der Waals surface area contributed by atoms with Crippen LogP contribution in [0.5, 0.6) is 0 Å². The van der Waals surface area contributed by atoms with Crippen molar-refractivity contribution in [1.82, 2.24) is 0 Å². The molecule has 0 spiro atoms. The second kappa shape index (κ2) is 16.9. The number of aryl methyl sites for hydroxylation is 1. The van der Waals surface area contributed by atoms with Gasteiger partial charge in [-0.05, 0) is 82.6 Å². The molecule has 0 saturated carbocycles. The summed E-state index contributed by atoms with van der Waals surface area (Å²) in [4.78, 5) is 11.7. The third-order valence-electron chi connectivity index (χ3n) is 9.63. The Morgan fingerprint density at radius 1 is 0.878 bits per heavy atom. The zero-order valence-corrected chi connectivity index (χ0v) is 33.2. The molecule has 0 amide bonds. The Morgan fingerprint density at radius 3 is 2.16 bits per heavy atom. The molecule has 0 saturated heterocycles. The van der Waals surface area contributed by atoms with Crippen molar-refractivity contribution in [3.05, 3.63) is 109 Å². The Hall–Kier alpha value is -3.50. The van der Waals surface area contributed by atoms with E-state index in [1.54, 1.807) is 0 Å². The predicted molar refractivity (Wildman–Crippen MR) is 207 cm³/mol. The van der Waals surface area contributed by atoms with Crippen LogP contribution in [-0.2, 0) is 31.3 Å². The van der Waals surface area contributed by atoms with E-state index in [2.05, 4.69) is 111 Å².